The largest absolute Gasteiger partial charge is 0.418 e. The van der Waals surface area contributed by atoms with Crippen molar-refractivity contribution in [2.45, 2.75) is 48.0 Å². The van der Waals surface area contributed by atoms with E-state index in [1.807, 2.05) is 4.90 Å². The molecule has 2 aromatic carbocycles. The zero-order valence-electron chi connectivity index (χ0n) is 23.8. The number of carbonyl (C=O) groups excluding carboxylic acids is 1. The van der Waals surface area contributed by atoms with Crippen LogP contribution in [0.3, 0.4) is 0 Å². The third-order valence-corrected chi connectivity index (χ3v) is 8.78. The lowest BCUT2D eigenvalue weighted by molar-refractivity contribution is -0.163. The maximum absolute atomic E-state index is 14.3. The van der Waals surface area contributed by atoms with Crippen molar-refractivity contribution in [3.05, 3.63) is 65.4 Å². The van der Waals surface area contributed by atoms with Gasteiger partial charge >= 0.3 is 12.4 Å². The predicted octanol–water partition coefficient (Wildman–Crippen LogP) is 6.08. The van der Waals surface area contributed by atoms with Gasteiger partial charge in [-0.05, 0) is 49.7 Å². The second-order valence-corrected chi connectivity index (χ2v) is 11.7. The average Bonchev–Trinajstić information content (AvgIpc) is 2.96. The Hall–Kier alpha value is -2.74. The van der Waals surface area contributed by atoms with Gasteiger partial charge in [0, 0.05) is 85.2 Å². The van der Waals surface area contributed by atoms with E-state index in [1.165, 1.54) is 6.20 Å². The van der Waals surface area contributed by atoms with Gasteiger partial charge in [-0.25, -0.2) is 0 Å². The molecule has 43 heavy (non-hydrogen) atoms. The molecule has 4 rings (SSSR count). The summed E-state index contributed by atoms with van der Waals surface area (Å²) >= 11 is 0.584. The van der Waals surface area contributed by atoms with Crippen molar-refractivity contribution >= 4 is 23.2 Å². The van der Waals surface area contributed by atoms with Crippen molar-refractivity contribution in [1.29, 1.82) is 0 Å². The third-order valence-electron chi connectivity index (χ3n) is 7.73. The molecule has 0 radical (unpaired) electrons. The van der Waals surface area contributed by atoms with Crippen molar-refractivity contribution in [3.8, 4) is 0 Å². The number of piperazine rings is 1. The van der Waals surface area contributed by atoms with Crippen LogP contribution >= 0.6 is 11.8 Å². The van der Waals surface area contributed by atoms with E-state index < -0.39 is 39.7 Å². The molecule has 0 bridgehead atoms. The number of likely N-dealkylation sites (tertiary alicyclic amines) is 1. The van der Waals surface area contributed by atoms with Gasteiger partial charge in [-0.3, -0.25) is 9.69 Å². The van der Waals surface area contributed by atoms with Crippen LogP contribution in [0.5, 0.6) is 0 Å². The molecule has 2 aliphatic heterocycles. The number of allylic oxidation sites excluding steroid dienone is 1. The van der Waals surface area contributed by atoms with Crippen LogP contribution in [-0.4, -0.2) is 90.6 Å². The van der Waals surface area contributed by atoms with Gasteiger partial charge in [0.05, 0.1) is 17.7 Å². The molecule has 0 aliphatic carbocycles. The summed E-state index contributed by atoms with van der Waals surface area (Å²) in [5, 5.41) is 12.4. The van der Waals surface area contributed by atoms with Crippen LogP contribution in [0, 0.1) is 0 Å². The van der Waals surface area contributed by atoms with E-state index >= 15 is 0 Å². The lowest BCUT2D eigenvalue weighted by Crippen LogP contribution is -2.45. The molecule has 6 nitrogen and oxygen atoms in total. The minimum Gasteiger partial charge on any atom is -0.395 e. The Labute approximate surface area is 251 Å². The lowest BCUT2D eigenvalue weighted by atomic mass is 9.96. The highest BCUT2D eigenvalue weighted by molar-refractivity contribution is 7.99. The molecule has 0 spiro atoms. The van der Waals surface area contributed by atoms with Gasteiger partial charge in [0.1, 0.15) is 0 Å². The fourth-order valence-electron chi connectivity index (χ4n) is 5.40. The van der Waals surface area contributed by atoms with Crippen molar-refractivity contribution in [3.63, 3.8) is 0 Å². The number of halogens is 6. The van der Waals surface area contributed by atoms with E-state index in [-0.39, 0.29) is 12.6 Å². The standard InChI is InChI=1S/C30H36F6N4O2S/c1-2-38-11-8-21(9-12-38)37-22-4-3-5-23(20-22)43-26-7-6-24(27(29(31,32)33)28(26)30(34,35)36)25(42)10-13-39-14-16-40(17-15-39)18-19-41/h3-7,10,13,20-21,37,41H,2,8-9,11-12,14-19H2,1H3. The van der Waals surface area contributed by atoms with Crippen molar-refractivity contribution in [1.82, 2.24) is 14.7 Å². The Morgan fingerprint density at radius 3 is 2.23 bits per heavy atom. The van der Waals surface area contributed by atoms with Crippen LogP contribution in [0.2, 0.25) is 0 Å². The zero-order chi connectivity index (χ0) is 31.2. The number of β-amino-alcohol motifs (C(OH)–C–C–N with tert-alkyl or cyclic N) is 1. The van der Waals surface area contributed by atoms with E-state index in [2.05, 4.69) is 17.1 Å². The van der Waals surface area contributed by atoms with Crippen LogP contribution in [0.4, 0.5) is 32.0 Å². The van der Waals surface area contributed by atoms with Crippen molar-refractivity contribution in [2.75, 3.05) is 64.3 Å². The summed E-state index contributed by atoms with van der Waals surface area (Å²) < 4.78 is 85.8. The second-order valence-electron chi connectivity index (χ2n) is 10.6. The highest BCUT2D eigenvalue weighted by atomic mass is 32.2. The Morgan fingerprint density at radius 2 is 1.63 bits per heavy atom. The Balaban J connectivity index is 1.58. The smallest absolute Gasteiger partial charge is 0.395 e. The fourth-order valence-corrected chi connectivity index (χ4v) is 6.44. The summed E-state index contributed by atoms with van der Waals surface area (Å²) in [7, 11) is 0. The van der Waals surface area contributed by atoms with Crippen LogP contribution in [0.1, 0.15) is 41.3 Å². The maximum atomic E-state index is 14.3. The number of ketones is 1. The van der Waals surface area contributed by atoms with Gasteiger partial charge in [-0.1, -0.05) is 24.8 Å². The molecule has 0 unspecified atom stereocenters. The number of piperidine rings is 1. The number of benzene rings is 2. The van der Waals surface area contributed by atoms with Gasteiger partial charge in [0.15, 0.2) is 5.78 Å². The quantitative estimate of drug-likeness (QED) is 0.188. The molecular weight excluding hydrogens is 594 g/mol. The number of alkyl halides is 6. The van der Waals surface area contributed by atoms with E-state index in [0.29, 0.717) is 55.1 Å². The van der Waals surface area contributed by atoms with Gasteiger partial charge in [0.25, 0.3) is 0 Å². The molecule has 236 valence electrons. The normalized spacial score (nSPS) is 18.0. The van der Waals surface area contributed by atoms with Gasteiger partial charge in [-0.15, -0.1) is 0 Å². The number of aliphatic hydroxyl groups is 1. The molecular formula is C30H36F6N4O2S. The number of anilines is 1. The summed E-state index contributed by atoms with van der Waals surface area (Å²) in [6.07, 6.45) is -6.77. The van der Waals surface area contributed by atoms with E-state index in [1.54, 1.807) is 29.2 Å². The maximum Gasteiger partial charge on any atom is 0.418 e. The third kappa shape index (κ3) is 8.90. The summed E-state index contributed by atoms with van der Waals surface area (Å²) in [4.78, 5) is 18.6. The molecule has 0 amide bonds. The first-order valence-electron chi connectivity index (χ1n) is 14.3. The van der Waals surface area contributed by atoms with E-state index in [4.69, 9.17) is 5.11 Å². The number of aliphatic hydroxyl groups excluding tert-OH is 1. The zero-order valence-corrected chi connectivity index (χ0v) is 24.7. The molecule has 2 N–H and O–H groups in total. The van der Waals surface area contributed by atoms with Crippen molar-refractivity contribution < 1.29 is 36.2 Å². The van der Waals surface area contributed by atoms with Crippen LogP contribution < -0.4 is 5.32 Å². The Bertz CT molecular complexity index is 1270. The van der Waals surface area contributed by atoms with Crippen molar-refractivity contribution in [2.24, 2.45) is 0 Å². The van der Waals surface area contributed by atoms with E-state index in [9.17, 15) is 31.1 Å². The minimum atomic E-state index is -5.42. The number of nitrogens with one attached hydrogen (secondary N) is 1. The fraction of sp³-hybridized carbons (Fsp3) is 0.500. The summed E-state index contributed by atoms with van der Waals surface area (Å²) in [6, 6.07) is 8.57. The Morgan fingerprint density at radius 1 is 0.953 bits per heavy atom. The van der Waals surface area contributed by atoms with Gasteiger partial charge in [0.2, 0.25) is 0 Å². The summed E-state index contributed by atoms with van der Waals surface area (Å²) in [5.41, 5.74) is -4.22. The van der Waals surface area contributed by atoms with E-state index in [0.717, 1.165) is 50.7 Å². The number of carbonyl (C=O) groups is 1. The first kappa shape index (κ1) is 33.2. The number of hydrogen-bond acceptors (Lipinski definition) is 7. The first-order chi connectivity index (χ1) is 20.4. The second kappa shape index (κ2) is 14.4. The predicted molar refractivity (Wildman–Crippen MR) is 154 cm³/mol. The highest BCUT2D eigenvalue weighted by Crippen LogP contribution is 2.48. The molecule has 2 fully saturated rings. The monoisotopic (exact) mass is 630 g/mol. The molecule has 2 saturated heterocycles. The highest BCUT2D eigenvalue weighted by Gasteiger charge is 2.47. The van der Waals surface area contributed by atoms with Crippen LogP contribution in [0.25, 0.3) is 0 Å². The molecule has 0 aromatic heterocycles. The average molecular weight is 631 g/mol. The molecule has 13 heteroatoms. The topological polar surface area (TPSA) is 59.1 Å². The summed E-state index contributed by atoms with van der Waals surface area (Å²) in [5.74, 6) is -1.16. The van der Waals surface area contributed by atoms with Crippen LogP contribution in [0.15, 0.2) is 58.5 Å². The molecule has 2 aromatic rings. The summed E-state index contributed by atoms with van der Waals surface area (Å²) in [6.45, 7) is 7.47. The molecule has 0 saturated carbocycles. The number of nitrogens with zero attached hydrogens (tertiary/aromatic N) is 3. The van der Waals surface area contributed by atoms with Gasteiger partial charge in [-0.2, -0.15) is 26.3 Å². The minimum absolute atomic E-state index is 0.00869. The molecule has 2 heterocycles. The molecule has 2 aliphatic rings. The lowest BCUT2D eigenvalue weighted by Gasteiger charge is -2.33. The number of hydrogen-bond donors (Lipinski definition) is 2. The van der Waals surface area contributed by atoms with Gasteiger partial charge < -0.3 is 20.2 Å². The first-order valence-corrected chi connectivity index (χ1v) is 15.1. The molecule has 0 atom stereocenters. The number of rotatable bonds is 10. The SMILES string of the molecule is CCN1CCC(Nc2cccc(Sc3ccc(C(=O)C=CN4CCN(CCO)CC4)c(C(F)(F)F)c3C(F)(F)F)c2)CC1. The Kier molecular flexibility index (Phi) is 11.1. The van der Waals surface area contributed by atoms with Crippen LogP contribution in [-0.2, 0) is 12.4 Å².